The maximum atomic E-state index is 11.7. The number of thioether (sulfide) groups is 2. The van der Waals surface area contributed by atoms with Crippen LogP contribution in [-0.2, 0) is 19.1 Å². The Morgan fingerprint density at radius 3 is 1.05 bits per heavy atom. The third-order valence-corrected chi connectivity index (χ3v) is 8.65. The zero-order valence-electron chi connectivity index (χ0n) is 25.0. The van der Waals surface area contributed by atoms with Crippen molar-refractivity contribution in [2.24, 2.45) is 0 Å². The van der Waals surface area contributed by atoms with Gasteiger partial charge in [-0.2, -0.15) is 23.5 Å². The largest absolute Gasteiger partial charge is 0.462 e. The van der Waals surface area contributed by atoms with Crippen LogP contribution in [0.15, 0.2) is 12.2 Å². The van der Waals surface area contributed by atoms with Gasteiger partial charge in [0.25, 0.3) is 0 Å². The number of carbonyl (C=O) groups excluding carboxylic acids is 2. The molecule has 0 radical (unpaired) electrons. The van der Waals surface area contributed by atoms with Crippen LogP contribution in [-0.4, -0.2) is 48.2 Å². The highest BCUT2D eigenvalue weighted by atomic mass is 32.2. The van der Waals surface area contributed by atoms with E-state index in [1.807, 2.05) is 23.5 Å². The van der Waals surface area contributed by atoms with E-state index in [-0.39, 0.29) is 0 Å². The van der Waals surface area contributed by atoms with E-state index in [9.17, 15) is 9.59 Å². The van der Waals surface area contributed by atoms with Crippen LogP contribution in [0, 0.1) is 0 Å². The van der Waals surface area contributed by atoms with Gasteiger partial charge in [0.05, 0.1) is 0 Å². The molecule has 0 rings (SSSR count). The molecule has 0 N–H and O–H groups in total. The molecule has 0 unspecified atom stereocenters. The van der Waals surface area contributed by atoms with Gasteiger partial charge in [-0.3, -0.25) is 0 Å². The van der Waals surface area contributed by atoms with Gasteiger partial charge in [-0.25, -0.2) is 9.59 Å². The van der Waals surface area contributed by atoms with Crippen molar-refractivity contribution in [1.82, 2.24) is 0 Å². The first kappa shape index (κ1) is 37.4. The topological polar surface area (TPSA) is 52.6 Å². The maximum absolute atomic E-state index is 11.7. The van der Waals surface area contributed by atoms with Crippen molar-refractivity contribution in [3.05, 3.63) is 12.2 Å². The van der Waals surface area contributed by atoms with Gasteiger partial charge in [0.1, 0.15) is 13.2 Å². The molecule has 4 nitrogen and oxygen atoms in total. The van der Waals surface area contributed by atoms with Gasteiger partial charge in [-0.1, -0.05) is 129 Å². The van der Waals surface area contributed by atoms with Crippen LogP contribution in [0.2, 0.25) is 0 Å². The molecule has 0 aliphatic heterocycles. The molecule has 0 fully saturated rings. The minimum absolute atomic E-state index is 0.385. The summed E-state index contributed by atoms with van der Waals surface area (Å²) >= 11 is 3.66. The fraction of sp³-hybridized carbons (Fsp3) is 0.875. The summed E-state index contributed by atoms with van der Waals surface area (Å²) in [4.78, 5) is 23.5. The van der Waals surface area contributed by atoms with E-state index >= 15 is 0 Å². The SMILES string of the molecule is CCCCCCCCCCCCSCCOC(=O)/C=C\C(=O)OCCSCCCCCCCCCCCC. The van der Waals surface area contributed by atoms with Gasteiger partial charge in [-0.05, 0) is 24.3 Å². The highest BCUT2D eigenvalue weighted by molar-refractivity contribution is 7.99. The summed E-state index contributed by atoms with van der Waals surface area (Å²) < 4.78 is 10.3. The van der Waals surface area contributed by atoms with Crippen LogP contribution in [0.1, 0.15) is 142 Å². The number of rotatable bonds is 30. The first-order valence-corrected chi connectivity index (χ1v) is 18.2. The van der Waals surface area contributed by atoms with E-state index < -0.39 is 11.9 Å². The highest BCUT2D eigenvalue weighted by Gasteiger charge is 2.02. The average molecular weight is 573 g/mol. The summed E-state index contributed by atoms with van der Waals surface area (Å²) in [5.41, 5.74) is 0. The van der Waals surface area contributed by atoms with Gasteiger partial charge < -0.3 is 9.47 Å². The first-order valence-electron chi connectivity index (χ1n) is 15.9. The second-order valence-electron chi connectivity index (χ2n) is 10.3. The predicted octanol–water partition coefficient (Wildman–Crippen LogP) is 9.94. The van der Waals surface area contributed by atoms with Crippen molar-refractivity contribution in [1.29, 1.82) is 0 Å². The van der Waals surface area contributed by atoms with Crippen molar-refractivity contribution < 1.29 is 19.1 Å². The van der Waals surface area contributed by atoms with Gasteiger partial charge in [-0.15, -0.1) is 0 Å². The molecular formula is C32H60O4S2. The quantitative estimate of drug-likeness (QED) is 0.0485. The Labute approximate surface area is 244 Å². The number of ether oxygens (including phenoxy) is 2. The lowest BCUT2D eigenvalue weighted by Crippen LogP contribution is -2.08. The van der Waals surface area contributed by atoms with E-state index in [2.05, 4.69) is 13.8 Å². The second kappa shape index (κ2) is 32.6. The predicted molar refractivity (Wildman–Crippen MR) is 169 cm³/mol. The summed E-state index contributed by atoms with van der Waals surface area (Å²) in [6.45, 7) is 5.30. The molecule has 0 atom stereocenters. The normalized spacial score (nSPS) is 11.3. The Bertz CT molecular complexity index is 494. The van der Waals surface area contributed by atoms with Gasteiger partial charge in [0.2, 0.25) is 0 Å². The smallest absolute Gasteiger partial charge is 0.331 e. The molecular weight excluding hydrogens is 512 g/mol. The lowest BCUT2D eigenvalue weighted by molar-refractivity contribution is -0.139. The van der Waals surface area contributed by atoms with Crippen LogP contribution in [0.4, 0.5) is 0 Å². The van der Waals surface area contributed by atoms with Crippen LogP contribution in [0.3, 0.4) is 0 Å². The Morgan fingerprint density at radius 2 is 0.737 bits per heavy atom. The minimum atomic E-state index is -0.475. The van der Waals surface area contributed by atoms with Crippen molar-refractivity contribution >= 4 is 35.5 Å². The molecule has 0 spiro atoms. The summed E-state index contributed by atoms with van der Waals surface area (Å²) in [5, 5.41) is 0. The van der Waals surface area contributed by atoms with Crippen LogP contribution in [0.25, 0.3) is 0 Å². The van der Waals surface area contributed by atoms with Crippen molar-refractivity contribution in [2.45, 2.75) is 142 Å². The third kappa shape index (κ3) is 31.6. The standard InChI is InChI=1S/C32H60O4S2/c1-3-5-7-9-11-13-15-17-19-21-27-37-29-25-35-31(33)23-24-32(34)36-26-30-38-28-22-20-18-16-14-12-10-8-6-4-2/h23-24H,3-22,25-30H2,1-2H3/b24-23-. The van der Waals surface area contributed by atoms with Crippen molar-refractivity contribution in [2.75, 3.05) is 36.2 Å². The zero-order valence-corrected chi connectivity index (χ0v) is 26.6. The molecule has 0 aromatic carbocycles. The third-order valence-electron chi connectivity index (χ3n) is 6.58. The Kier molecular flexibility index (Phi) is 32.1. The maximum Gasteiger partial charge on any atom is 0.331 e. The number of unbranched alkanes of at least 4 members (excludes halogenated alkanes) is 18. The summed E-state index contributed by atoms with van der Waals surface area (Å²) in [7, 11) is 0. The molecule has 0 saturated heterocycles. The number of hydrogen-bond acceptors (Lipinski definition) is 6. The van der Waals surface area contributed by atoms with Crippen LogP contribution >= 0.6 is 23.5 Å². The Hall–Kier alpha value is -0.620. The summed E-state index contributed by atoms with van der Waals surface area (Å²) in [5.74, 6) is 2.89. The molecule has 224 valence electrons. The summed E-state index contributed by atoms with van der Waals surface area (Å²) in [6.07, 6.45) is 29.4. The lowest BCUT2D eigenvalue weighted by Gasteiger charge is -2.04. The number of hydrogen-bond donors (Lipinski definition) is 0. The summed E-state index contributed by atoms with van der Waals surface area (Å²) in [6, 6.07) is 0. The zero-order chi connectivity index (χ0) is 27.8. The van der Waals surface area contributed by atoms with Gasteiger partial charge in [0.15, 0.2) is 0 Å². The van der Waals surface area contributed by atoms with Gasteiger partial charge >= 0.3 is 11.9 Å². The van der Waals surface area contributed by atoms with E-state index in [0.717, 1.165) is 23.0 Å². The number of esters is 2. The van der Waals surface area contributed by atoms with E-state index in [1.54, 1.807) is 0 Å². The Morgan fingerprint density at radius 1 is 0.447 bits per heavy atom. The van der Waals surface area contributed by atoms with E-state index in [0.29, 0.717) is 13.2 Å². The molecule has 0 saturated carbocycles. The lowest BCUT2D eigenvalue weighted by atomic mass is 10.1. The van der Waals surface area contributed by atoms with Crippen LogP contribution < -0.4 is 0 Å². The Balaban J connectivity index is 3.35. The molecule has 38 heavy (non-hydrogen) atoms. The van der Waals surface area contributed by atoms with Crippen LogP contribution in [0.5, 0.6) is 0 Å². The second-order valence-corrected chi connectivity index (χ2v) is 12.7. The molecule has 0 aromatic rings. The fourth-order valence-electron chi connectivity index (χ4n) is 4.22. The van der Waals surface area contributed by atoms with E-state index in [4.69, 9.17) is 9.47 Å². The molecule has 0 heterocycles. The van der Waals surface area contributed by atoms with E-state index in [1.165, 1.54) is 141 Å². The number of carbonyl (C=O) groups is 2. The van der Waals surface area contributed by atoms with Crippen molar-refractivity contribution in [3.8, 4) is 0 Å². The molecule has 0 aliphatic rings. The van der Waals surface area contributed by atoms with Crippen molar-refractivity contribution in [3.63, 3.8) is 0 Å². The molecule has 0 amide bonds. The molecule has 0 aromatic heterocycles. The van der Waals surface area contributed by atoms with Gasteiger partial charge in [0, 0.05) is 23.7 Å². The monoisotopic (exact) mass is 572 g/mol. The molecule has 0 aliphatic carbocycles. The average Bonchev–Trinajstić information content (AvgIpc) is 2.92. The fourth-order valence-corrected chi connectivity index (χ4v) is 5.85. The molecule has 6 heteroatoms. The first-order chi connectivity index (χ1) is 18.7. The highest BCUT2D eigenvalue weighted by Crippen LogP contribution is 2.13. The minimum Gasteiger partial charge on any atom is -0.462 e. The molecule has 0 bridgehead atoms.